The zero-order valence-corrected chi connectivity index (χ0v) is 21.5. The summed E-state index contributed by atoms with van der Waals surface area (Å²) in [6, 6.07) is 19.0. The van der Waals surface area contributed by atoms with E-state index >= 15 is 0 Å². The summed E-state index contributed by atoms with van der Waals surface area (Å²) in [6.45, 7) is 6.79. The van der Waals surface area contributed by atoms with Gasteiger partial charge in [0.25, 0.3) is 5.78 Å². The first-order chi connectivity index (χ1) is 17.9. The van der Waals surface area contributed by atoms with Crippen LogP contribution in [0.2, 0.25) is 0 Å². The molecule has 1 saturated heterocycles. The number of benzene rings is 3. The first-order valence-electron chi connectivity index (χ1n) is 12.1. The van der Waals surface area contributed by atoms with Crippen molar-refractivity contribution in [1.82, 2.24) is 4.98 Å². The minimum Gasteiger partial charge on any atom is -0.507 e. The number of nitrogens with zero attached hydrogens (tertiary/aromatic N) is 2. The highest BCUT2D eigenvalue weighted by atomic mass is 32.1. The van der Waals surface area contributed by atoms with E-state index in [-0.39, 0.29) is 11.3 Å². The lowest BCUT2D eigenvalue weighted by atomic mass is 9.95. The molecule has 37 heavy (non-hydrogen) atoms. The molecular weight excluding hydrogens is 488 g/mol. The van der Waals surface area contributed by atoms with E-state index in [1.165, 1.54) is 16.2 Å². The molecule has 2 heterocycles. The Kier molecular flexibility index (Phi) is 6.67. The van der Waals surface area contributed by atoms with Gasteiger partial charge in [-0.05, 0) is 80.4 Å². The molecule has 0 bridgehead atoms. The van der Waals surface area contributed by atoms with E-state index in [0.717, 1.165) is 15.8 Å². The van der Waals surface area contributed by atoms with Gasteiger partial charge in [0.2, 0.25) is 0 Å². The topological polar surface area (TPSA) is 89.0 Å². The van der Waals surface area contributed by atoms with E-state index in [1.807, 2.05) is 39.0 Å². The Morgan fingerprint density at radius 3 is 2.19 bits per heavy atom. The van der Waals surface area contributed by atoms with Crippen molar-refractivity contribution in [3.05, 3.63) is 89.0 Å². The number of amides is 1. The van der Waals surface area contributed by atoms with Gasteiger partial charge < -0.3 is 14.6 Å². The maximum atomic E-state index is 13.4. The summed E-state index contributed by atoms with van der Waals surface area (Å²) in [5.74, 6) is -0.430. The number of ether oxygens (including phenoxy) is 2. The summed E-state index contributed by atoms with van der Waals surface area (Å²) < 4.78 is 12.0. The van der Waals surface area contributed by atoms with E-state index in [9.17, 15) is 14.7 Å². The van der Waals surface area contributed by atoms with Gasteiger partial charge in [0.05, 0.1) is 35.0 Å². The van der Waals surface area contributed by atoms with Crippen LogP contribution in [0.3, 0.4) is 0 Å². The van der Waals surface area contributed by atoms with E-state index in [0.29, 0.717) is 41.0 Å². The number of aromatic nitrogens is 1. The lowest BCUT2D eigenvalue weighted by Crippen LogP contribution is -2.29. The number of hydrogen-bond donors (Lipinski definition) is 1. The van der Waals surface area contributed by atoms with E-state index in [2.05, 4.69) is 4.98 Å². The van der Waals surface area contributed by atoms with Gasteiger partial charge in [0.1, 0.15) is 17.3 Å². The van der Waals surface area contributed by atoms with Gasteiger partial charge in [0.15, 0.2) is 5.13 Å². The van der Waals surface area contributed by atoms with Crippen molar-refractivity contribution in [3.63, 3.8) is 0 Å². The number of aryl methyl sites for hydroxylation is 1. The second-order valence-corrected chi connectivity index (χ2v) is 9.61. The van der Waals surface area contributed by atoms with Gasteiger partial charge in [-0.3, -0.25) is 14.5 Å². The largest absolute Gasteiger partial charge is 0.507 e. The van der Waals surface area contributed by atoms with Gasteiger partial charge in [-0.25, -0.2) is 4.98 Å². The average molecular weight is 515 g/mol. The fourth-order valence-electron chi connectivity index (χ4n) is 4.41. The van der Waals surface area contributed by atoms with Gasteiger partial charge in [0, 0.05) is 5.56 Å². The number of fused-ring (bicyclic) bond motifs is 1. The standard InChI is InChI=1S/C29H26N2O5S/c1-4-35-20-11-7-18(8-12-20)25-24(26(32)19-9-13-21(14-10-19)36-5-2)27(33)28(34)31(25)29-30-22-15-6-17(3)16-23(22)37-29/h6-16,25,32H,4-5H2,1-3H3/b26-24+/t25-/m0/s1. The molecule has 8 heteroatoms. The number of aliphatic hydroxyl groups is 1. The SMILES string of the molecule is CCOc1ccc(/C(O)=C2\C(=O)C(=O)N(c3nc4ccc(C)cc4s3)[C@H]2c2ccc(OCC)cc2)cc1. The van der Waals surface area contributed by atoms with Crippen molar-refractivity contribution in [1.29, 1.82) is 0 Å². The Balaban J connectivity index is 1.66. The fourth-order valence-corrected chi connectivity index (χ4v) is 5.50. The third-order valence-electron chi connectivity index (χ3n) is 6.13. The highest BCUT2D eigenvalue weighted by molar-refractivity contribution is 7.22. The van der Waals surface area contributed by atoms with Gasteiger partial charge in [-0.1, -0.05) is 29.5 Å². The molecule has 0 saturated carbocycles. The molecule has 0 aliphatic carbocycles. The van der Waals surface area contributed by atoms with Crippen LogP contribution in [0.15, 0.2) is 72.3 Å². The number of carbonyl (C=O) groups excluding carboxylic acids is 2. The van der Waals surface area contributed by atoms with Crippen molar-refractivity contribution in [2.24, 2.45) is 0 Å². The van der Waals surface area contributed by atoms with Crippen LogP contribution in [0.1, 0.15) is 36.6 Å². The average Bonchev–Trinajstić information content (AvgIpc) is 3.42. The number of ketones is 1. The molecule has 1 amide bonds. The molecule has 1 atom stereocenters. The predicted molar refractivity (Wildman–Crippen MR) is 144 cm³/mol. The van der Waals surface area contributed by atoms with Crippen molar-refractivity contribution < 1.29 is 24.2 Å². The normalized spacial score (nSPS) is 16.9. The van der Waals surface area contributed by atoms with Crippen LogP contribution in [0.5, 0.6) is 11.5 Å². The first kappa shape index (κ1) is 24.5. The molecule has 0 spiro atoms. The molecule has 1 aromatic heterocycles. The highest BCUT2D eigenvalue weighted by Gasteiger charge is 2.48. The molecule has 1 N–H and O–H groups in total. The van der Waals surface area contributed by atoms with Crippen LogP contribution in [0, 0.1) is 6.92 Å². The smallest absolute Gasteiger partial charge is 0.301 e. The monoisotopic (exact) mass is 514 g/mol. The molecule has 0 unspecified atom stereocenters. The third-order valence-corrected chi connectivity index (χ3v) is 7.15. The molecule has 1 fully saturated rings. The Morgan fingerprint density at radius 2 is 1.57 bits per heavy atom. The number of carbonyl (C=O) groups is 2. The van der Waals surface area contributed by atoms with Crippen molar-refractivity contribution in [3.8, 4) is 11.5 Å². The minimum atomic E-state index is -0.857. The minimum absolute atomic E-state index is 0.00811. The molecule has 188 valence electrons. The second kappa shape index (κ2) is 10.1. The maximum absolute atomic E-state index is 13.4. The summed E-state index contributed by atoms with van der Waals surface area (Å²) in [6.07, 6.45) is 0. The van der Waals surface area contributed by atoms with Crippen molar-refractivity contribution >= 4 is 44.1 Å². The Labute approximate surface area is 218 Å². The molecular formula is C29H26N2O5S. The van der Waals surface area contributed by atoms with Gasteiger partial charge in [-0.2, -0.15) is 0 Å². The Bertz CT molecular complexity index is 1510. The molecule has 5 rings (SSSR count). The molecule has 1 aliphatic heterocycles. The zero-order valence-electron chi connectivity index (χ0n) is 20.7. The third kappa shape index (κ3) is 4.56. The number of Topliss-reactive ketones (excluding diaryl/α,β-unsaturated/α-hetero) is 1. The Morgan fingerprint density at radius 1 is 0.946 bits per heavy atom. The molecule has 4 aromatic rings. The van der Waals surface area contributed by atoms with Crippen LogP contribution < -0.4 is 14.4 Å². The summed E-state index contributed by atoms with van der Waals surface area (Å²) in [7, 11) is 0. The number of anilines is 1. The lowest BCUT2D eigenvalue weighted by Gasteiger charge is -2.23. The maximum Gasteiger partial charge on any atom is 0.301 e. The van der Waals surface area contributed by atoms with Gasteiger partial charge >= 0.3 is 5.91 Å². The van der Waals surface area contributed by atoms with Crippen LogP contribution in [-0.2, 0) is 9.59 Å². The Hall–Kier alpha value is -4.17. The first-order valence-corrected chi connectivity index (χ1v) is 12.9. The predicted octanol–water partition coefficient (Wildman–Crippen LogP) is 6.03. The van der Waals surface area contributed by atoms with E-state index < -0.39 is 17.7 Å². The summed E-state index contributed by atoms with van der Waals surface area (Å²) >= 11 is 1.34. The fraction of sp³-hybridized carbons (Fsp3) is 0.207. The second-order valence-electron chi connectivity index (χ2n) is 8.60. The number of rotatable bonds is 7. The molecule has 0 radical (unpaired) electrons. The number of thiazole rings is 1. The highest BCUT2D eigenvalue weighted by Crippen LogP contribution is 2.44. The molecule has 7 nitrogen and oxygen atoms in total. The quantitative estimate of drug-likeness (QED) is 0.184. The summed E-state index contributed by atoms with van der Waals surface area (Å²) in [5.41, 5.74) is 2.89. The van der Waals surface area contributed by atoms with Crippen LogP contribution in [0.4, 0.5) is 5.13 Å². The van der Waals surface area contributed by atoms with Crippen LogP contribution >= 0.6 is 11.3 Å². The van der Waals surface area contributed by atoms with Gasteiger partial charge in [-0.15, -0.1) is 0 Å². The van der Waals surface area contributed by atoms with E-state index in [1.54, 1.807) is 48.5 Å². The number of aliphatic hydroxyl groups excluding tert-OH is 1. The zero-order chi connectivity index (χ0) is 26.1. The van der Waals surface area contributed by atoms with Crippen molar-refractivity contribution in [2.75, 3.05) is 18.1 Å². The van der Waals surface area contributed by atoms with Crippen LogP contribution in [0.25, 0.3) is 16.0 Å². The van der Waals surface area contributed by atoms with Crippen molar-refractivity contribution in [2.45, 2.75) is 26.8 Å². The molecule has 1 aliphatic rings. The van der Waals surface area contributed by atoms with E-state index in [4.69, 9.17) is 9.47 Å². The lowest BCUT2D eigenvalue weighted by molar-refractivity contribution is -0.132. The summed E-state index contributed by atoms with van der Waals surface area (Å²) in [5, 5.41) is 11.7. The summed E-state index contributed by atoms with van der Waals surface area (Å²) in [4.78, 5) is 32.9. The number of hydrogen-bond acceptors (Lipinski definition) is 7. The molecule has 3 aromatic carbocycles. The van der Waals surface area contributed by atoms with Crippen LogP contribution in [-0.4, -0.2) is 35.0 Å².